The molecule has 0 radical (unpaired) electrons. The number of fused-ring (bicyclic) bond motifs is 1. The van der Waals surface area contributed by atoms with Crippen LogP contribution in [-0.2, 0) is 6.42 Å². The first-order valence-electron chi connectivity index (χ1n) is 7.42. The molecule has 1 aliphatic carbocycles. The first-order chi connectivity index (χ1) is 11.1. The highest BCUT2D eigenvalue weighted by Gasteiger charge is 2.32. The second-order valence-corrected chi connectivity index (χ2v) is 5.52. The van der Waals surface area contributed by atoms with Gasteiger partial charge >= 0.3 is 0 Å². The molecule has 2 N–H and O–H groups in total. The van der Waals surface area contributed by atoms with E-state index in [0.717, 1.165) is 11.1 Å². The summed E-state index contributed by atoms with van der Waals surface area (Å²) in [5, 5.41) is 13.1. The van der Waals surface area contributed by atoms with E-state index in [0.29, 0.717) is 23.5 Å². The molecule has 5 heteroatoms. The maximum Gasteiger partial charge on any atom is 0.252 e. The third-order valence-corrected chi connectivity index (χ3v) is 4.10. The topological polar surface area (TPSA) is 67.8 Å². The van der Waals surface area contributed by atoms with E-state index in [-0.39, 0.29) is 5.91 Å². The van der Waals surface area contributed by atoms with Crippen LogP contribution in [0.3, 0.4) is 0 Å². The molecule has 2 atom stereocenters. The fraction of sp³-hybridized carbons (Fsp3) is 0.278. The van der Waals surface area contributed by atoms with E-state index in [1.54, 1.807) is 18.2 Å². The fourth-order valence-electron chi connectivity index (χ4n) is 2.91. The van der Waals surface area contributed by atoms with Gasteiger partial charge in [0.1, 0.15) is 11.5 Å². The minimum atomic E-state index is -0.621. The van der Waals surface area contributed by atoms with E-state index < -0.39 is 12.1 Å². The van der Waals surface area contributed by atoms with Gasteiger partial charge in [0.25, 0.3) is 5.91 Å². The molecule has 0 spiro atoms. The Labute approximate surface area is 134 Å². The summed E-state index contributed by atoms with van der Waals surface area (Å²) < 4.78 is 10.4. The number of carbonyl (C=O) groups excluding carboxylic acids is 1. The monoisotopic (exact) mass is 313 g/mol. The third-order valence-electron chi connectivity index (χ3n) is 4.10. The van der Waals surface area contributed by atoms with Gasteiger partial charge < -0.3 is 19.9 Å². The average Bonchev–Trinajstić information content (AvgIpc) is 2.90. The molecular weight excluding hydrogens is 294 g/mol. The van der Waals surface area contributed by atoms with E-state index >= 15 is 0 Å². The lowest BCUT2D eigenvalue weighted by atomic mass is 10.1. The number of ether oxygens (including phenoxy) is 2. The van der Waals surface area contributed by atoms with Crippen LogP contribution >= 0.6 is 0 Å². The van der Waals surface area contributed by atoms with Crippen LogP contribution in [-0.4, -0.2) is 31.3 Å². The molecule has 23 heavy (non-hydrogen) atoms. The summed E-state index contributed by atoms with van der Waals surface area (Å²) >= 11 is 0. The molecule has 0 saturated heterocycles. The Bertz CT molecular complexity index is 706. The molecule has 0 aromatic heterocycles. The molecule has 0 bridgehead atoms. The van der Waals surface area contributed by atoms with Gasteiger partial charge in [0, 0.05) is 18.1 Å². The Kier molecular flexibility index (Phi) is 4.21. The predicted molar refractivity (Wildman–Crippen MR) is 85.9 cm³/mol. The summed E-state index contributed by atoms with van der Waals surface area (Å²) in [6.07, 6.45) is -0.0772. The Morgan fingerprint density at radius 2 is 1.78 bits per heavy atom. The number of rotatable bonds is 4. The van der Waals surface area contributed by atoms with E-state index in [1.807, 2.05) is 24.3 Å². The van der Waals surface area contributed by atoms with Crippen LogP contribution in [0.15, 0.2) is 42.5 Å². The predicted octanol–water partition coefficient (Wildman–Crippen LogP) is 2.09. The van der Waals surface area contributed by atoms with Crippen molar-refractivity contribution in [1.82, 2.24) is 5.32 Å². The van der Waals surface area contributed by atoms with Gasteiger partial charge in [-0.3, -0.25) is 4.79 Å². The second kappa shape index (κ2) is 6.30. The molecule has 1 aliphatic rings. The van der Waals surface area contributed by atoms with Gasteiger partial charge in [0.15, 0.2) is 0 Å². The highest BCUT2D eigenvalue weighted by molar-refractivity contribution is 5.95. The first-order valence-corrected chi connectivity index (χ1v) is 7.42. The molecule has 2 aromatic rings. The molecule has 2 unspecified atom stereocenters. The van der Waals surface area contributed by atoms with Gasteiger partial charge in [-0.2, -0.15) is 0 Å². The number of aliphatic hydroxyl groups is 1. The quantitative estimate of drug-likeness (QED) is 0.907. The van der Waals surface area contributed by atoms with Crippen molar-refractivity contribution >= 4 is 5.91 Å². The largest absolute Gasteiger partial charge is 0.497 e. The first kappa shape index (κ1) is 15.4. The minimum absolute atomic E-state index is 0.275. The molecule has 0 aliphatic heterocycles. The zero-order valence-corrected chi connectivity index (χ0v) is 13.1. The zero-order valence-electron chi connectivity index (χ0n) is 13.1. The summed E-state index contributed by atoms with van der Waals surface area (Å²) in [4.78, 5) is 12.6. The minimum Gasteiger partial charge on any atom is -0.497 e. The number of hydrogen-bond donors (Lipinski definition) is 2. The smallest absolute Gasteiger partial charge is 0.252 e. The number of hydrogen-bond acceptors (Lipinski definition) is 4. The summed E-state index contributed by atoms with van der Waals surface area (Å²) in [6.45, 7) is 0. The van der Waals surface area contributed by atoms with Crippen LogP contribution in [0.5, 0.6) is 11.5 Å². The molecule has 0 saturated carbocycles. The molecule has 0 fully saturated rings. The Hall–Kier alpha value is -2.53. The zero-order chi connectivity index (χ0) is 16.4. The number of methoxy groups -OCH3 is 2. The van der Waals surface area contributed by atoms with Gasteiger partial charge in [0.2, 0.25) is 0 Å². The van der Waals surface area contributed by atoms with Gasteiger partial charge in [-0.25, -0.2) is 0 Å². The van der Waals surface area contributed by atoms with Gasteiger partial charge in [-0.05, 0) is 23.3 Å². The van der Waals surface area contributed by atoms with E-state index in [4.69, 9.17) is 9.47 Å². The maximum absolute atomic E-state index is 12.6. The fourth-order valence-corrected chi connectivity index (χ4v) is 2.91. The number of carbonyl (C=O) groups is 1. The van der Waals surface area contributed by atoms with Crippen molar-refractivity contribution in [2.24, 2.45) is 0 Å². The lowest BCUT2D eigenvalue weighted by Gasteiger charge is -2.18. The second-order valence-electron chi connectivity index (χ2n) is 5.52. The molecular formula is C18H19NO4. The van der Waals surface area contributed by atoms with Crippen LogP contribution in [0.2, 0.25) is 0 Å². The van der Waals surface area contributed by atoms with Crippen molar-refractivity contribution in [3.63, 3.8) is 0 Å². The van der Waals surface area contributed by atoms with E-state index in [2.05, 4.69) is 5.32 Å². The van der Waals surface area contributed by atoms with Crippen molar-refractivity contribution in [3.8, 4) is 11.5 Å². The average molecular weight is 313 g/mol. The highest BCUT2D eigenvalue weighted by atomic mass is 16.5. The summed E-state index contributed by atoms with van der Waals surface area (Å²) in [7, 11) is 3.07. The molecule has 0 heterocycles. The molecule has 5 nitrogen and oxygen atoms in total. The number of amides is 1. The van der Waals surface area contributed by atoms with Crippen molar-refractivity contribution in [2.75, 3.05) is 14.2 Å². The molecule has 3 rings (SSSR count). The van der Waals surface area contributed by atoms with Crippen molar-refractivity contribution in [2.45, 2.75) is 18.6 Å². The Balaban J connectivity index is 1.85. The van der Waals surface area contributed by atoms with Crippen LogP contribution in [0.1, 0.15) is 27.5 Å². The third kappa shape index (κ3) is 3.00. The normalized spacial score (nSPS) is 19.1. The Morgan fingerprint density at radius 3 is 2.43 bits per heavy atom. The van der Waals surface area contributed by atoms with Crippen LogP contribution < -0.4 is 14.8 Å². The number of nitrogens with one attached hydrogen (secondary N) is 1. The maximum atomic E-state index is 12.6. The van der Waals surface area contributed by atoms with Crippen LogP contribution in [0.4, 0.5) is 0 Å². The van der Waals surface area contributed by atoms with E-state index in [1.165, 1.54) is 14.2 Å². The van der Waals surface area contributed by atoms with Crippen LogP contribution in [0.25, 0.3) is 0 Å². The Morgan fingerprint density at radius 1 is 1.13 bits per heavy atom. The number of benzene rings is 2. The van der Waals surface area contributed by atoms with Crippen molar-refractivity contribution < 1.29 is 19.4 Å². The highest BCUT2D eigenvalue weighted by Crippen LogP contribution is 2.32. The SMILES string of the molecule is COc1cc(OC)cc(C(=O)NC2c3ccccc3CC2O)c1. The van der Waals surface area contributed by atoms with Crippen LogP contribution in [0, 0.1) is 0 Å². The van der Waals surface area contributed by atoms with Gasteiger partial charge in [-0.15, -0.1) is 0 Å². The lowest BCUT2D eigenvalue weighted by Crippen LogP contribution is -2.33. The lowest BCUT2D eigenvalue weighted by molar-refractivity contribution is 0.0857. The van der Waals surface area contributed by atoms with Crippen molar-refractivity contribution in [1.29, 1.82) is 0 Å². The summed E-state index contributed by atoms with van der Waals surface area (Å²) in [6, 6.07) is 12.3. The van der Waals surface area contributed by atoms with Gasteiger partial charge in [0.05, 0.1) is 26.4 Å². The van der Waals surface area contributed by atoms with Crippen molar-refractivity contribution in [3.05, 3.63) is 59.2 Å². The standard InChI is InChI=1S/C18H19NO4/c1-22-13-7-12(8-14(10-13)23-2)18(21)19-17-15-6-4-3-5-11(15)9-16(17)20/h3-8,10,16-17,20H,9H2,1-2H3,(H,19,21). The molecule has 120 valence electrons. The van der Waals surface area contributed by atoms with Gasteiger partial charge in [-0.1, -0.05) is 24.3 Å². The summed E-state index contributed by atoms with van der Waals surface area (Å²) in [5.41, 5.74) is 2.45. The molecule has 1 amide bonds. The molecule has 2 aromatic carbocycles. The summed E-state index contributed by atoms with van der Waals surface area (Å²) in [5.74, 6) is 0.812. The number of aliphatic hydroxyl groups excluding tert-OH is 1. The van der Waals surface area contributed by atoms with E-state index in [9.17, 15) is 9.90 Å².